The highest BCUT2D eigenvalue weighted by atomic mass is 32.1. The van der Waals surface area contributed by atoms with E-state index in [2.05, 4.69) is 43.7 Å². The molecule has 3 nitrogen and oxygen atoms in total. The molecule has 0 unspecified atom stereocenters. The second-order valence-electron chi connectivity index (χ2n) is 5.47. The molecular weight excluding hydrogens is 268 g/mol. The number of carbonyl (C=O) groups excluding carboxylic acids is 1. The number of hydrogen-bond acceptors (Lipinski definition) is 3. The fourth-order valence-corrected chi connectivity index (χ4v) is 1.98. The van der Waals surface area contributed by atoms with Crippen LogP contribution in [0, 0.1) is 0 Å². The molecule has 1 aromatic carbocycles. The van der Waals surface area contributed by atoms with Crippen LogP contribution in [0.4, 0.5) is 0 Å². The molecule has 0 fully saturated rings. The Morgan fingerprint density at radius 2 is 1.90 bits per heavy atom. The van der Waals surface area contributed by atoms with Crippen LogP contribution in [0.15, 0.2) is 29.2 Å². The smallest absolute Gasteiger partial charge is 0.224 e. The maximum absolute atomic E-state index is 11.8. The molecule has 0 radical (unpaired) electrons. The van der Waals surface area contributed by atoms with Crippen molar-refractivity contribution in [2.75, 3.05) is 20.1 Å². The number of benzene rings is 1. The average molecular weight is 294 g/mol. The summed E-state index contributed by atoms with van der Waals surface area (Å²) in [5.74, 6) is 0.0918. The molecule has 0 aliphatic heterocycles. The fourth-order valence-electron chi connectivity index (χ4n) is 1.83. The van der Waals surface area contributed by atoms with E-state index in [1.807, 2.05) is 24.3 Å². The molecule has 1 N–H and O–H groups in total. The number of amides is 1. The van der Waals surface area contributed by atoms with Gasteiger partial charge in [-0.25, -0.2) is 0 Å². The average Bonchev–Trinajstić information content (AvgIpc) is 2.40. The number of rotatable bonds is 8. The van der Waals surface area contributed by atoms with Crippen molar-refractivity contribution in [3.63, 3.8) is 0 Å². The van der Waals surface area contributed by atoms with Gasteiger partial charge in [-0.1, -0.05) is 12.1 Å². The highest BCUT2D eigenvalue weighted by molar-refractivity contribution is 7.80. The molecule has 0 saturated heterocycles. The van der Waals surface area contributed by atoms with Gasteiger partial charge in [0.25, 0.3) is 0 Å². The van der Waals surface area contributed by atoms with Crippen molar-refractivity contribution in [3.8, 4) is 0 Å². The van der Waals surface area contributed by atoms with Gasteiger partial charge in [-0.15, -0.1) is 12.6 Å². The van der Waals surface area contributed by atoms with Gasteiger partial charge in [0.2, 0.25) is 5.91 Å². The molecular formula is C16H26N2OS. The predicted octanol–water partition coefficient (Wildman–Crippen LogP) is 2.75. The van der Waals surface area contributed by atoms with Gasteiger partial charge in [-0.05, 0) is 58.0 Å². The standard InChI is InChI=1S/C16H26N2OS/c1-13(2)18(3)11-5-4-10-17-16(19)12-14-6-8-15(20)9-7-14/h6-9,13,20H,4-5,10-12H2,1-3H3,(H,17,19). The Morgan fingerprint density at radius 3 is 2.50 bits per heavy atom. The maximum atomic E-state index is 11.8. The highest BCUT2D eigenvalue weighted by Gasteiger charge is 2.04. The van der Waals surface area contributed by atoms with Crippen LogP contribution >= 0.6 is 12.6 Å². The van der Waals surface area contributed by atoms with Gasteiger partial charge in [0.15, 0.2) is 0 Å². The minimum Gasteiger partial charge on any atom is -0.356 e. The Morgan fingerprint density at radius 1 is 1.25 bits per heavy atom. The third-order valence-corrected chi connectivity index (χ3v) is 3.74. The molecule has 1 amide bonds. The first-order valence-corrected chi connectivity index (χ1v) is 7.68. The third kappa shape index (κ3) is 6.96. The van der Waals surface area contributed by atoms with Gasteiger partial charge in [0, 0.05) is 17.5 Å². The first-order valence-electron chi connectivity index (χ1n) is 7.24. The molecule has 1 aromatic rings. The van der Waals surface area contributed by atoms with Gasteiger partial charge < -0.3 is 10.2 Å². The second kappa shape index (κ2) is 9.03. The lowest BCUT2D eigenvalue weighted by Crippen LogP contribution is -2.29. The molecule has 0 aromatic heterocycles. The normalized spacial score (nSPS) is 11.1. The minimum atomic E-state index is 0.0918. The SMILES string of the molecule is CC(C)N(C)CCCCNC(=O)Cc1ccc(S)cc1. The van der Waals surface area contributed by atoms with Crippen LogP contribution in [-0.4, -0.2) is 37.0 Å². The van der Waals surface area contributed by atoms with E-state index in [4.69, 9.17) is 0 Å². The highest BCUT2D eigenvalue weighted by Crippen LogP contribution is 2.08. The lowest BCUT2D eigenvalue weighted by molar-refractivity contribution is -0.120. The topological polar surface area (TPSA) is 32.3 Å². The van der Waals surface area contributed by atoms with E-state index in [1.54, 1.807) is 0 Å². The molecule has 0 spiro atoms. The van der Waals surface area contributed by atoms with E-state index in [0.717, 1.165) is 36.4 Å². The second-order valence-corrected chi connectivity index (χ2v) is 5.99. The molecule has 4 heteroatoms. The molecule has 0 heterocycles. The van der Waals surface area contributed by atoms with Crippen LogP contribution in [-0.2, 0) is 11.2 Å². The molecule has 1 rings (SSSR count). The van der Waals surface area contributed by atoms with Crippen LogP contribution in [0.1, 0.15) is 32.3 Å². The van der Waals surface area contributed by atoms with E-state index in [0.29, 0.717) is 12.5 Å². The summed E-state index contributed by atoms with van der Waals surface area (Å²) < 4.78 is 0. The predicted molar refractivity (Wildman–Crippen MR) is 87.4 cm³/mol. The van der Waals surface area contributed by atoms with Crippen LogP contribution < -0.4 is 5.32 Å². The summed E-state index contributed by atoms with van der Waals surface area (Å²) in [7, 11) is 2.13. The fraction of sp³-hybridized carbons (Fsp3) is 0.562. The van der Waals surface area contributed by atoms with Crippen molar-refractivity contribution in [2.45, 2.75) is 44.0 Å². The number of unbranched alkanes of at least 4 members (excludes halogenated alkanes) is 1. The summed E-state index contributed by atoms with van der Waals surface area (Å²) in [5, 5.41) is 2.97. The van der Waals surface area contributed by atoms with Crippen LogP contribution in [0.25, 0.3) is 0 Å². The van der Waals surface area contributed by atoms with Crippen molar-refractivity contribution in [2.24, 2.45) is 0 Å². The van der Waals surface area contributed by atoms with Crippen LogP contribution in [0.5, 0.6) is 0 Å². The zero-order chi connectivity index (χ0) is 15.0. The summed E-state index contributed by atoms with van der Waals surface area (Å²) in [4.78, 5) is 15.0. The Kier molecular flexibility index (Phi) is 7.70. The Bertz CT molecular complexity index is 403. The number of carbonyl (C=O) groups is 1. The Balaban J connectivity index is 2.13. The zero-order valence-corrected chi connectivity index (χ0v) is 13.6. The molecule has 0 bridgehead atoms. The van der Waals surface area contributed by atoms with Gasteiger partial charge >= 0.3 is 0 Å². The van der Waals surface area contributed by atoms with Crippen molar-refractivity contribution >= 4 is 18.5 Å². The van der Waals surface area contributed by atoms with E-state index < -0.39 is 0 Å². The Hall–Kier alpha value is -1.00. The zero-order valence-electron chi connectivity index (χ0n) is 12.7. The minimum absolute atomic E-state index is 0.0918. The number of hydrogen-bond donors (Lipinski definition) is 2. The van der Waals surface area contributed by atoms with Crippen molar-refractivity contribution in [1.29, 1.82) is 0 Å². The monoisotopic (exact) mass is 294 g/mol. The van der Waals surface area contributed by atoms with Gasteiger partial charge in [0.05, 0.1) is 6.42 Å². The lowest BCUT2D eigenvalue weighted by atomic mass is 10.1. The summed E-state index contributed by atoms with van der Waals surface area (Å²) in [6, 6.07) is 8.29. The van der Waals surface area contributed by atoms with Crippen LogP contribution in [0.3, 0.4) is 0 Å². The largest absolute Gasteiger partial charge is 0.356 e. The maximum Gasteiger partial charge on any atom is 0.224 e. The number of nitrogens with one attached hydrogen (secondary N) is 1. The van der Waals surface area contributed by atoms with Gasteiger partial charge in [0.1, 0.15) is 0 Å². The van der Waals surface area contributed by atoms with Crippen LogP contribution in [0.2, 0.25) is 0 Å². The van der Waals surface area contributed by atoms with Crippen molar-refractivity contribution in [3.05, 3.63) is 29.8 Å². The summed E-state index contributed by atoms with van der Waals surface area (Å²) in [6.07, 6.45) is 2.58. The van der Waals surface area contributed by atoms with E-state index >= 15 is 0 Å². The van der Waals surface area contributed by atoms with E-state index in [-0.39, 0.29) is 5.91 Å². The van der Waals surface area contributed by atoms with Gasteiger partial charge in [-0.2, -0.15) is 0 Å². The van der Waals surface area contributed by atoms with Crippen molar-refractivity contribution < 1.29 is 4.79 Å². The van der Waals surface area contributed by atoms with Crippen molar-refractivity contribution in [1.82, 2.24) is 10.2 Å². The number of thiol groups is 1. The first kappa shape index (κ1) is 17.1. The Labute approximate surface area is 128 Å². The third-order valence-electron chi connectivity index (χ3n) is 3.44. The quantitative estimate of drug-likeness (QED) is 0.571. The van der Waals surface area contributed by atoms with Gasteiger partial charge in [-0.3, -0.25) is 4.79 Å². The molecule has 112 valence electrons. The summed E-state index contributed by atoms with van der Waals surface area (Å²) in [5.41, 5.74) is 1.03. The molecule has 0 aliphatic rings. The van der Waals surface area contributed by atoms with E-state index in [1.165, 1.54) is 0 Å². The number of nitrogens with zero attached hydrogens (tertiary/aromatic N) is 1. The summed E-state index contributed by atoms with van der Waals surface area (Å²) in [6.45, 7) is 6.22. The molecule has 0 saturated carbocycles. The first-order chi connectivity index (χ1) is 9.49. The molecule has 20 heavy (non-hydrogen) atoms. The van der Waals surface area contributed by atoms with E-state index in [9.17, 15) is 4.79 Å². The molecule has 0 aliphatic carbocycles. The lowest BCUT2D eigenvalue weighted by Gasteiger charge is -2.20. The summed E-state index contributed by atoms with van der Waals surface area (Å²) >= 11 is 4.23. The molecule has 0 atom stereocenters.